The van der Waals surface area contributed by atoms with Crippen LogP contribution in [0.15, 0.2) is 59.7 Å². The summed E-state index contributed by atoms with van der Waals surface area (Å²) in [6.07, 6.45) is 7.43. The lowest BCUT2D eigenvalue weighted by Gasteiger charge is -2.30. The fraction of sp³-hybridized carbons (Fsp3) is 0.318. The molecule has 0 atom stereocenters. The van der Waals surface area contributed by atoms with Crippen LogP contribution in [0.1, 0.15) is 28.9 Å². The van der Waals surface area contributed by atoms with Gasteiger partial charge in [0.1, 0.15) is 6.54 Å². The van der Waals surface area contributed by atoms with Crippen molar-refractivity contribution in [3.05, 3.63) is 66.0 Å². The van der Waals surface area contributed by atoms with Gasteiger partial charge in [0.05, 0.1) is 12.4 Å². The van der Waals surface area contributed by atoms with Crippen molar-refractivity contribution in [3.8, 4) is 0 Å². The first-order valence-corrected chi connectivity index (χ1v) is 10.5. The van der Waals surface area contributed by atoms with Crippen LogP contribution in [0.5, 0.6) is 0 Å². The lowest BCUT2D eigenvalue weighted by molar-refractivity contribution is 0.0715. The second kappa shape index (κ2) is 8.01. The first-order chi connectivity index (χ1) is 15.1. The van der Waals surface area contributed by atoms with Crippen molar-refractivity contribution in [2.45, 2.75) is 25.8 Å². The smallest absolute Gasteiger partial charge is 0.284 e. The first-order valence-electron chi connectivity index (χ1n) is 10.5. The summed E-state index contributed by atoms with van der Waals surface area (Å²) in [6.45, 7) is 3.99. The number of nitrogens with one attached hydrogen (secondary N) is 2. The van der Waals surface area contributed by atoms with Crippen LogP contribution in [0.4, 0.5) is 11.5 Å². The summed E-state index contributed by atoms with van der Waals surface area (Å²) in [6, 6.07) is 9.90. The number of nitrogens with zero attached hydrogens (tertiary/aromatic N) is 5. The molecule has 31 heavy (non-hydrogen) atoms. The monoisotopic (exact) mass is 418 g/mol. The maximum atomic E-state index is 13.0. The highest BCUT2D eigenvalue weighted by atomic mass is 16.2. The molecular weight excluding hydrogens is 392 g/mol. The predicted molar refractivity (Wildman–Crippen MR) is 121 cm³/mol. The van der Waals surface area contributed by atoms with Crippen molar-refractivity contribution in [2.75, 3.05) is 29.9 Å². The van der Waals surface area contributed by atoms with Gasteiger partial charge in [0.25, 0.3) is 17.6 Å². The number of hydrogen-bond donors (Lipinski definition) is 3. The number of fused-ring (bicyclic) bond motifs is 1. The number of hydrogen-bond acceptors (Lipinski definition) is 7. The van der Waals surface area contributed by atoms with Crippen LogP contribution in [0.3, 0.4) is 0 Å². The Kier molecular flexibility index (Phi) is 5.05. The van der Waals surface area contributed by atoms with Crippen LogP contribution in [-0.2, 0) is 0 Å². The molecule has 159 valence electrons. The number of benzene rings is 1. The van der Waals surface area contributed by atoms with E-state index < -0.39 is 0 Å². The average molecular weight is 419 g/mol. The molecule has 9 nitrogen and oxygen atoms in total. The van der Waals surface area contributed by atoms with Gasteiger partial charge in [-0.1, -0.05) is 6.07 Å². The molecule has 0 saturated carbocycles. The van der Waals surface area contributed by atoms with Crippen LogP contribution < -0.4 is 20.9 Å². The van der Waals surface area contributed by atoms with Crippen LogP contribution >= 0.6 is 0 Å². The fourth-order valence-corrected chi connectivity index (χ4v) is 4.05. The van der Waals surface area contributed by atoms with Crippen molar-refractivity contribution in [1.29, 1.82) is 0 Å². The number of amides is 1. The van der Waals surface area contributed by atoms with Crippen LogP contribution in [0, 0.1) is 6.92 Å². The number of carbonyl (C=O) groups excluding carboxylic acids is 1. The van der Waals surface area contributed by atoms with E-state index in [-0.39, 0.29) is 11.9 Å². The Labute approximate surface area is 180 Å². The molecular formula is C22H26N8O+. The second-order valence-electron chi connectivity index (χ2n) is 8.10. The van der Waals surface area contributed by atoms with E-state index in [4.69, 9.17) is 5.73 Å². The molecule has 1 aromatic heterocycles. The lowest BCUT2D eigenvalue weighted by atomic mass is 10.0. The molecule has 2 aromatic rings. The topological polar surface area (TPSA) is 109 Å². The van der Waals surface area contributed by atoms with E-state index in [2.05, 4.69) is 25.4 Å². The molecule has 9 heteroatoms. The number of aromatic nitrogens is 2. The van der Waals surface area contributed by atoms with Crippen molar-refractivity contribution in [3.63, 3.8) is 0 Å². The number of nitrogens with two attached hydrogens (primary N) is 1. The van der Waals surface area contributed by atoms with E-state index in [9.17, 15) is 4.79 Å². The summed E-state index contributed by atoms with van der Waals surface area (Å²) in [5.41, 5.74) is 8.59. The van der Waals surface area contributed by atoms with E-state index in [0.717, 1.165) is 41.7 Å². The first kappa shape index (κ1) is 19.5. The zero-order valence-corrected chi connectivity index (χ0v) is 17.5. The van der Waals surface area contributed by atoms with Gasteiger partial charge in [-0.15, -0.1) is 0 Å². The molecule has 1 aromatic carbocycles. The summed E-state index contributed by atoms with van der Waals surface area (Å²) in [5, 5.41) is 10.6. The van der Waals surface area contributed by atoms with Gasteiger partial charge in [-0.05, 0) is 42.9 Å². The van der Waals surface area contributed by atoms with Crippen molar-refractivity contribution >= 4 is 23.2 Å². The minimum atomic E-state index is 0.0570. The Morgan fingerprint density at radius 3 is 2.90 bits per heavy atom. The Balaban J connectivity index is 1.40. The molecule has 0 bridgehead atoms. The third kappa shape index (κ3) is 3.97. The molecule has 0 aliphatic carbocycles. The van der Waals surface area contributed by atoms with Gasteiger partial charge in [0.15, 0.2) is 12.0 Å². The minimum absolute atomic E-state index is 0.0570. The maximum Gasteiger partial charge on any atom is 0.284 e. The zero-order valence-electron chi connectivity index (χ0n) is 17.5. The Bertz CT molecular complexity index is 1080. The minimum Gasteiger partial charge on any atom is -0.339 e. The van der Waals surface area contributed by atoms with E-state index in [1.54, 1.807) is 6.20 Å². The van der Waals surface area contributed by atoms with E-state index >= 15 is 0 Å². The SMILES string of the molecule is Cc1cc(NC2=CN(c3cccc(C(=O)N4CCC(N)CC4)c3)CC3=NC=C[N+]23)n[nH]1. The van der Waals surface area contributed by atoms with Crippen LogP contribution in [0.2, 0.25) is 0 Å². The molecule has 4 N–H and O–H groups in total. The number of aryl methyl sites for hydroxylation is 1. The van der Waals surface area contributed by atoms with Crippen molar-refractivity contribution < 1.29 is 4.79 Å². The number of rotatable bonds is 4. The standard InChI is InChI=1S/C22H26N8O/c1-15-11-19(27-26-15)25-21-14-29(13-20-24-7-10-30(20)21)18-4-2-3-16(12-18)22(31)28-8-5-17(23)6-9-28/h2-4,7,10-12,14,17H,5-6,8-9,13,23H2,1H3,(H2,25,26,27)/q+1. The Morgan fingerprint density at radius 2 is 2.13 bits per heavy atom. The zero-order chi connectivity index (χ0) is 21.4. The highest BCUT2D eigenvalue weighted by Crippen LogP contribution is 2.25. The molecule has 1 saturated heterocycles. The van der Waals surface area contributed by atoms with Crippen molar-refractivity contribution in [2.24, 2.45) is 10.7 Å². The summed E-state index contributed by atoms with van der Waals surface area (Å²) in [4.78, 5) is 23.5. The third-order valence-electron chi connectivity index (χ3n) is 5.78. The molecule has 1 fully saturated rings. The quantitative estimate of drug-likeness (QED) is 0.659. The largest absolute Gasteiger partial charge is 0.339 e. The molecule has 4 heterocycles. The summed E-state index contributed by atoms with van der Waals surface area (Å²) >= 11 is 0. The molecule has 0 unspecified atom stereocenters. The number of aromatic amines is 1. The van der Waals surface area contributed by atoms with Gasteiger partial charge in [0.2, 0.25) is 0 Å². The van der Waals surface area contributed by atoms with E-state index in [0.29, 0.717) is 25.2 Å². The van der Waals surface area contributed by atoms with E-state index in [1.807, 2.05) is 59.5 Å². The van der Waals surface area contributed by atoms with Gasteiger partial charge in [-0.25, -0.2) is 0 Å². The highest BCUT2D eigenvalue weighted by molar-refractivity contribution is 5.97. The molecule has 1 radical (unpaired) electrons. The third-order valence-corrected chi connectivity index (χ3v) is 5.78. The van der Waals surface area contributed by atoms with Gasteiger partial charge in [-0.2, -0.15) is 10.1 Å². The molecule has 1 amide bonds. The van der Waals surface area contributed by atoms with Crippen LogP contribution in [0.25, 0.3) is 0 Å². The number of aliphatic imine (C=N–C) groups is 1. The normalized spacial score (nSPS) is 19.3. The molecule has 3 aliphatic heterocycles. The predicted octanol–water partition coefficient (Wildman–Crippen LogP) is 2.04. The van der Waals surface area contributed by atoms with Crippen molar-refractivity contribution in [1.82, 2.24) is 20.0 Å². The number of piperidine rings is 1. The summed E-state index contributed by atoms with van der Waals surface area (Å²) < 4.78 is 0. The number of likely N-dealkylation sites (tertiary alicyclic amines) is 1. The van der Waals surface area contributed by atoms with Gasteiger partial charge in [-0.3, -0.25) is 15.2 Å². The highest BCUT2D eigenvalue weighted by Gasteiger charge is 2.37. The molecule has 3 aliphatic rings. The van der Waals surface area contributed by atoms with E-state index in [1.165, 1.54) is 0 Å². The fourth-order valence-electron chi connectivity index (χ4n) is 4.05. The van der Waals surface area contributed by atoms with Gasteiger partial charge >= 0.3 is 0 Å². The number of H-pyrrole nitrogens is 1. The number of amidine groups is 1. The summed E-state index contributed by atoms with van der Waals surface area (Å²) in [7, 11) is 0. The summed E-state index contributed by atoms with van der Waals surface area (Å²) in [5.74, 6) is 2.53. The van der Waals surface area contributed by atoms with Gasteiger partial charge < -0.3 is 15.5 Å². The Hall–Kier alpha value is -3.43. The molecule has 0 spiro atoms. The van der Waals surface area contributed by atoms with Crippen LogP contribution in [-0.4, -0.2) is 52.5 Å². The second-order valence-corrected chi connectivity index (χ2v) is 8.10. The van der Waals surface area contributed by atoms with Gasteiger partial charge in [0, 0.05) is 42.1 Å². The average Bonchev–Trinajstić information content (AvgIpc) is 3.42. The maximum absolute atomic E-state index is 13.0. The molecule has 5 rings (SSSR count). The number of carbonyl (C=O) groups is 1. The Morgan fingerprint density at radius 1 is 1.29 bits per heavy atom. The number of anilines is 2. The lowest BCUT2D eigenvalue weighted by Crippen LogP contribution is -2.45.